The van der Waals surface area contributed by atoms with Crippen LogP contribution in [0.3, 0.4) is 0 Å². The van der Waals surface area contributed by atoms with Crippen molar-refractivity contribution in [2.24, 2.45) is 17.3 Å². The van der Waals surface area contributed by atoms with E-state index in [1.54, 1.807) is 38.1 Å². The molecule has 0 aliphatic carbocycles. The van der Waals surface area contributed by atoms with Crippen LogP contribution in [0, 0.1) is 17.3 Å². The van der Waals surface area contributed by atoms with Crippen molar-refractivity contribution in [2.45, 2.75) is 38.5 Å². The molecule has 2 N–H and O–H groups in total. The van der Waals surface area contributed by atoms with E-state index in [0.717, 1.165) is 16.0 Å². The lowest BCUT2D eigenvalue weighted by Gasteiger charge is -2.32. The highest BCUT2D eigenvalue weighted by atomic mass is 35.5. The van der Waals surface area contributed by atoms with E-state index in [0.29, 0.717) is 11.4 Å². The maximum absolute atomic E-state index is 13.1. The van der Waals surface area contributed by atoms with Crippen molar-refractivity contribution >= 4 is 39.2 Å². The second kappa shape index (κ2) is 10.5. The van der Waals surface area contributed by atoms with Gasteiger partial charge in [0.15, 0.2) is 9.84 Å². The number of benzene rings is 2. The number of rotatable bonds is 7. The maximum Gasteiger partial charge on any atom is 0.249 e. The molecule has 1 fully saturated rings. The van der Waals surface area contributed by atoms with E-state index < -0.39 is 51.2 Å². The molecule has 1 aliphatic heterocycles. The van der Waals surface area contributed by atoms with Gasteiger partial charge in [-0.05, 0) is 47.7 Å². The number of hydrogen-bond donors (Lipinski definition) is 2. The standard InChI is InChI=1S/C25H29ClN2O6S/c1-16-4-13-22(29)28(24(31)25(16,2)3)14-19(23(30)27-32)15-35(33,34)21-11-7-18(8-12-21)17-5-9-20(26)10-6-17/h5-12,16,19,32H,4,13-15H2,1-3H3,(H,27,30). The van der Waals surface area contributed by atoms with Crippen LogP contribution in [0.2, 0.25) is 5.02 Å². The van der Waals surface area contributed by atoms with E-state index >= 15 is 0 Å². The third kappa shape index (κ3) is 5.91. The Bertz CT molecular complexity index is 1210. The van der Waals surface area contributed by atoms with E-state index in [-0.39, 0.29) is 17.2 Å². The van der Waals surface area contributed by atoms with E-state index in [4.69, 9.17) is 11.6 Å². The summed E-state index contributed by atoms with van der Waals surface area (Å²) in [6, 6.07) is 13.2. The molecule has 10 heteroatoms. The highest BCUT2D eigenvalue weighted by Gasteiger charge is 2.44. The second-order valence-corrected chi connectivity index (χ2v) is 11.9. The first kappa shape index (κ1) is 26.8. The predicted molar refractivity (Wildman–Crippen MR) is 131 cm³/mol. The van der Waals surface area contributed by atoms with E-state index in [1.807, 2.05) is 19.1 Å². The lowest BCUT2D eigenvalue weighted by Crippen LogP contribution is -2.49. The van der Waals surface area contributed by atoms with Crippen molar-refractivity contribution < 1.29 is 28.0 Å². The molecule has 1 heterocycles. The van der Waals surface area contributed by atoms with Crippen molar-refractivity contribution in [1.29, 1.82) is 0 Å². The van der Waals surface area contributed by atoms with Gasteiger partial charge in [0.1, 0.15) is 0 Å². The van der Waals surface area contributed by atoms with Crippen LogP contribution < -0.4 is 5.48 Å². The molecule has 1 aliphatic rings. The van der Waals surface area contributed by atoms with Crippen LogP contribution in [-0.4, -0.2) is 48.5 Å². The number of nitrogens with zero attached hydrogens (tertiary/aromatic N) is 1. The topological polar surface area (TPSA) is 121 Å². The SMILES string of the molecule is CC1CCC(=O)N(CC(CS(=O)(=O)c2ccc(-c3ccc(Cl)cc3)cc2)C(=O)NO)C(=O)C1(C)C. The lowest BCUT2D eigenvalue weighted by molar-refractivity contribution is -0.151. The minimum atomic E-state index is -4.00. The van der Waals surface area contributed by atoms with Gasteiger partial charge in [-0.3, -0.25) is 24.5 Å². The van der Waals surface area contributed by atoms with Crippen LogP contribution in [0.5, 0.6) is 0 Å². The zero-order valence-electron chi connectivity index (χ0n) is 19.8. The summed E-state index contributed by atoms with van der Waals surface area (Å²) in [4.78, 5) is 39.1. The Kier molecular flexibility index (Phi) is 8.03. The molecule has 0 spiro atoms. The number of halogens is 1. The molecule has 2 aromatic carbocycles. The Morgan fingerprint density at radius 3 is 2.20 bits per heavy atom. The molecular formula is C25H29ClN2O6S. The molecule has 1 saturated heterocycles. The minimum Gasteiger partial charge on any atom is -0.289 e. The number of nitrogens with one attached hydrogen (secondary N) is 1. The van der Waals surface area contributed by atoms with Crippen molar-refractivity contribution in [2.75, 3.05) is 12.3 Å². The smallest absolute Gasteiger partial charge is 0.249 e. The Labute approximate surface area is 210 Å². The number of hydrogen-bond acceptors (Lipinski definition) is 6. The summed E-state index contributed by atoms with van der Waals surface area (Å²) >= 11 is 5.91. The summed E-state index contributed by atoms with van der Waals surface area (Å²) in [5.74, 6) is -4.02. The molecule has 0 bridgehead atoms. The molecular weight excluding hydrogens is 492 g/mol. The van der Waals surface area contributed by atoms with E-state index in [9.17, 15) is 28.0 Å². The van der Waals surface area contributed by atoms with Crippen LogP contribution in [0.4, 0.5) is 0 Å². The van der Waals surface area contributed by atoms with Crippen molar-refractivity contribution in [3.05, 3.63) is 53.6 Å². The monoisotopic (exact) mass is 520 g/mol. The number of hydroxylamine groups is 1. The molecule has 3 rings (SSSR count). The summed E-state index contributed by atoms with van der Waals surface area (Å²) < 4.78 is 26.3. The average molecular weight is 521 g/mol. The number of carbonyl (C=O) groups is 3. The first-order chi connectivity index (χ1) is 16.4. The number of likely N-dealkylation sites (tertiary alicyclic amines) is 1. The largest absolute Gasteiger partial charge is 0.289 e. The van der Waals surface area contributed by atoms with Crippen LogP contribution in [0.15, 0.2) is 53.4 Å². The van der Waals surface area contributed by atoms with E-state index in [1.165, 1.54) is 17.6 Å². The zero-order valence-corrected chi connectivity index (χ0v) is 21.4. The van der Waals surface area contributed by atoms with Gasteiger partial charge in [0.05, 0.1) is 16.6 Å². The maximum atomic E-state index is 13.1. The highest BCUT2D eigenvalue weighted by Crippen LogP contribution is 2.36. The third-order valence-corrected chi connectivity index (χ3v) is 8.90. The van der Waals surface area contributed by atoms with Gasteiger partial charge >= 0.3 is 0 Å². The lowest BCUT2D eigenvalue weighted by atomic mass is 9.77. The predicted octanol–water partition coefficient (Wildman–Crippen LogP) is 3.71. The van der Waals surface area contributed by atoms with Crippen LogP contribution in [-0.2, 0) is 24.2 Å². The highest BCUT2D eigenvalue weighted by molar-refractivity contribution is 7.91. The molecule has 0 aromatic heterocycles. The molecule has 35 heavy (non-hydrogen) atoms. The molecule has 0 saturated carbocycles. The fourth-order valence-electron chi connectivity index (χ4n) is 4.07. The molecule has 0 radical (unpaired) electrons. The number of imide groups is 1. The van der Waals surface area contributed by atoms with Gasteiger partial charge in [-0.1, -0.05) is 56.6 Å². The number of sulfone groups is 1. The molecule has 188 valence electrons. The Balaban J connectivity index is 1.85. The molecule has 2 aromatic rings. The summed E-state index contributed by atoms with van der Waals surface area (Å²) in [5, 5.41) is 9.81. The molecule has 2 unspecified atom stereocenters. The summed E-state index contributed by atoms with van der Waals surface area (Å²) in [7, 11) is -4.00. The van der Waals surface area contributed by atoms with Crippen LogP contribution in [0.1, 0.15) is 33.6 Å². The van der Waals surface area contributed by atoms with Gasteiger partial charge in [0.2, 0.25) is 17.7 Å². The molecule has 3 amide bonds. The number of amides is 3. The van der Waals surface area contributed by atoms with E-state index in [2.05, 4.69) is 0 Å². The third-order valence-electron chi connectivity index (χ3n) is 6.82. The van der Waals surface area contributed by atoms with Crippen LogP contribution >= 0.6 is 11.6 Å². The van der Waals surface area contributed by atoms with Gasteiger partial charge in [-0.15, -0.1) is 0 Å². The van der Waals surface area contributed by atoms with Crippen molar-refractivity contribution in [3.8, 4) is 11.1 Å². The first-order valence-electron chi connectivity index (χ1n) is 11.2. The van der Waals surface area contributed by atoms with Gasteiger partial charge < -0.3 is 0 Å². The fourth-order valence-corrected chi connectivity index (χ4v) is 5.73. The first-order valence-corrected chi connectivity index (χ1v) is 13.3. The van der Waals surface area contributed by atoms with Gasteiger partial charge in [0.25, 0.3) is 0 Å². The van der Waals surface area contributed by atoms with Crippen molar-refractivity contribution in [3.63, 3.8) is 0 Å². The zero-order chi connectivity index (χ0) is 26.0. The van der Waals surface area contributed by atoms with Gasteiger partial charge in [-0.25, -0.2) is 13.9 Å². The summed E-state index contributed by atoms with van der Waals surface area (Å²) in [6.45, 7) is 4.89. The minimum absolute atomic E-state index is 0.0200. The Morgan fingerprint density at radius 2 is 1.66 bits per heavy atom. The van der Waals surface area contributed by atoms with Gasteiger partial charge in [-0.2, -0.15) is 0 Å². The average Bonchev–Trinajstić information content (AvgIpc) is 2.90. The van der Waals surface area contributed by atoms with Gasteiger partial charge in [0, 0.05) is 23.4 Å². The number of carbonyl (C=O) groups excluding carboxylic acids is 3. The molecule has 2 atom stereocenters. The normalized spacial score (nSPS) is 19.2. The summed E-state index contributed by atoms with van der Waals surface area (Å²) in [5.41, 5.74) is 2.25. The van der Waals surface area contributed by atoms with Crippen LogP contribution in [0.25, 0.3) is 11.1 Å². The Morgan fingerprint density at radius 1 is 1.11 bits per heavy atom. The Hall–Kier alpha value is -2.75. The quantitative estimate of drug-likeness (QED) is 0.326. The second-order valence-electron chi connectivity index (χ2n) is 9.46. The fraction of sp³-hybridized carbons (Fsp3) is 0.400. The summed E-state index contributed by atoms with van der Waals surface area (Å²) in [6.07, 6.45) is 0.617. The molecule has 8 nitrogen and oxygen atoms in total. The van der Waals surface area contributed by atoms with Crippen molar-refractivity contribution in [1.82, 2.24) is 10.4 Å².